The fourth-order valence-electron chi connectivity index (χ4n) is 3.41. The van der Waals surface area contributed by atoms with Crippen LogP contribution in [-0.2, 0) is 0 Å². The highest BCUT2D eigenvalue weighted by molar-refractivity contribution is 8.01. The molecule has 0 fully saturated rings. The lowest BCUT2D eigenvalue weighted by Crippen LogP contribution is -2.02. The standard InChI is InChI=1S/C23H17Cl3FN3O2S2/c1-10(2)33-22-19(16-9-13(24)4-5-17(16)27)28-23(34-22)30-11(3)18(20(29-30)21(31)32)12-6-14(25)8-15(26)7-12/h4-10H,1-3H3,(H,31,32). The summed E-state index contributed by atoms with van der Waals surface area (Å²) >= 11 is 21.3. The average molecular weight is 557 g/mol. The van der Waals surface area contributed by atoms with Gasteiger partial charge in [0.1, 0.15) is 11.5 Å². The number of thiazole rings is 1. The monoisotopic (exact) mass is 555 g/mol. The van der Waals surface area contributed by atoms with E-state index in [4.69, 9.17) is 34.8 Å². The maximum absolute atomic E-state index is 14.7. The first kappa shape index (κ1) is 25.0. The Bertz CT molecular complexity index is 1400. The Hall–Kier alpha value is -2.10. The van der Waals surface area contributed by atoms with Crippen LogP contribution in [0, 0.1) is 12.7 Å². The molecular weight excluding hydrogens is 540 g/mol. The first-order valence-electron chi connectivity index (χ1n) is 9.97. The van der Waals surface area contributed by atoms with Gasteiger partial charge in [0.2, 0.25) is 5.13 Å². The summed E-state index contributed by atoms with van der Waals surface area (Å²) in [6.07, 6.45) is 0. The van der Waals surface area contributed by atoms with Crippen LogP contribution in [-0.4, -0.2) is 31.1 Å². The number of hydrogen-bond acceptors (Lipinski definition) is 5. The average Bonchev–Trinajstić information content (AvgIpc) is 3.29. The lowest BCUT2D eigenvalue weighted by molar-refractivity contribution is 0.0691. The quantitative estimate of drug-likeness (QED) is 0.242. The molecule has 0 spiro atoms. The van der Waals surface area contributed by atoms with Gasteiger partial charge in [-0.15, -0.1) is 11.8 Å². The number of thioether (sulfide) groups is 1. The SMILES string of the molecule is Cc1c(-c2cc(Cl)cc(Cl)c2)c(C(=O)O)nn1-c1nc(-c2cc(Cl)ccc2F)c(SC(C)C)s1. The van der Waals surface area contributed by atoms with Crippen molar-refractivity contribution in [1.29, 1.82) is 0 Å². The summed E-state index contributed by atoms with van der Waals surface area (Å²) in [6, 6.07) is 9.12. The van der Waals surface area contributed by atoms with E-state index in [-0.39, 0.29) is 16.5 Å². The van der Waals surface area contributed by atoms with E-state index in [1.165, 1.54) is 46.0 Å². The number of hydrogen-bond donors (Lipinski definition) is 1. The van der Waals surface area contributed by atoms with Gasteiger partial charge in [0.05, 0.1) is 9.90 Å². The fourth-order valence-corrected chi connectivity index (χ4v) is 6.62. The van der Waals surface area contributed by atoms with Gasteiger partial charge in [-0.05, 0) is 48.9 Å². The molecule has 0 atom stereocenters. The molecule has 0 aliphatic rings. The van der Waals surface area contributed by atoms with Gasteiger partial charge in [-0.3, -0.25) is 0 Å². The zero-order valence-electron chi connectivity index (χ0n) is 18.1. The molecule has 0 saturated carbocycles. The van der Waals surface area contributed by atoms with Crippen molar-refractivity contribution in [2.24, 2.45) is 0 Å². The van der Waals surface area contributed by atoms with Crippen LogP contribution in [0.15, 0.2) is 40.6 Å². The lowest BCUT2D eigenvalue weighted by atomic mass is 10.0. The number of carboxylic acid groups (broad SMARTS) is 1. The molecule has 11 heteroatoms. The zero-order chi connectivity index (χ0) is 24.7. The predicted molar refractivity (Wildman–Crippen MR) is 138 cm³/mol. The smallest absolute Gasteiger partial charge is 0.357 e. The van der Waals surface area contributed by atoms with E-state index < -0.39 is 11.8 Å². The van der Waals surface area contributed by atoms with Crippen molar-refractivity contribution in [2.75, 3.05) is 0 Å². The van der Waals surface area contributed by atoms with E-state index in [9.17, 15) is 14.3 Å². The van der Waals surface area contributed by atoms with Gasteiger partial charge in [0, 0.05) is 31.4 Å². The Balaban J connectivity index is 1.94. The van der Waals surface area contributed by atoms with E-state index in [1.807, 2.05) is 13.8 Å². The minimum Gasteiger partial charge on any atom is -0.476 e. The molecule has 4 aromatic rings. The van der Waals surface area contributed by atoms with Crippen LogP contribution in [0.5, 0.6) is 0 Å². The summed E-state index contributed by atoms with van der Waals surface area (Å²) in [6.45, 7) is 5.77. The molecular formula is C23H17Cl3FN3O2S2. The highest BCUT2D eigenvalue weighted by Crippen LogP contribution is 2.42. The molecule has 0 unspecified atom stereocenters. The van der Waals surface area contributed by atoms with Gasteiger partial charge in [-0.2, -0.15) is 5.10 Å². The van der Waals surface area contributed by atoms with Crippen molar-refractivity contribution in [1.82, 2.24) is 14.8 Å². The molecule has 2 aromatic heterocycles. The number of carboxylic acids is 1. The zero-order valence-corrected chi connectivity index (χ0v) is 22.0. The van der Waals surface area contributed by atoms with Gasteiger partial charge < -0.3 is 5.11 Å². The Morgan fingerprint density at radius 3 is 2.41 bits per heavy atom. The highest BCUT2D eigenvalue weighted by Gasteiger charge is 2.26. The van der Waals surface area contributed by atoms with Gasteiger partial charge >= 0.3 is 5.97 Å². The molecule has 0 aliphatic heterocycles. The van der Waals surface area contributed by atoms with E-state index in [0.717, 1.165) is 4.21 Å². The molecule has 2 aromatic carbocycles. The number of aromatic nitrogens is 3. The number of halogens is 4. The van der Waals surface area contributed by atoms with Crippen LogP contribution in [0.4, 0.5) is 4.39 Å². The number of rotatable bonds is 6. The molecule has 5 nitrogen and oxygen atoms in total. The van der Waals surface area contributed by atoms with Crippen molar-refractivity contribution in [3.05, 3.63) is 68.7 Å². The maximum atomic E-state index is 14.7. The fraction of sp³-hybridized carbons (Fsp3) is 0.174. The maximum Gasteiger partial charge on any atom is 0.357 e. The summed E-state index contributed by atoms with van der Waals surface area (Å²) in [4.78, 5) is 16.7. The Kier molecular flexibility index (Phi) is 7.26. The summed E-state index contributed by atoms with van der Waals surface area (Å²) in [5, 5.41) is 15.9. The first-order chi connectivity index (χ1) is 16.0. The summed E-state index contributed by atoms with van der Waals surface area (Å²) in [7, 11) is 0. The van der Waals surface area contributed by atoms with Crippen LogP contribution in [0.25, 0.3) is 27.5 Å². The van der Waals surface area contributed by atoms with E-state index in [0.29, 0.717) is 42.7 Å². The van der Waals surface area contributed by atoms with Crippen molar-refractivity contribution >= 4 is 63.9 Å². The molecule has 0 bridgehead atoms. The predicted octanol–water partition coefficient (Wildman–Crippen LogP) is 8.27. The third kappa shape index (κ3) is 4.97. The van der Waals surface area contributed by atoms with Gasteiger partial charge in [-0.1, -0.05) is 60.0 Å². The minimum atomic E-state index is -1.21. The van der Waals surface area contributed by atoms with Crippen LogP contribution >= 0.6 is 57.9 Å². The molecule has 0 saturated heterocycles. The normalized spacial score (nSPS) is 11.4. The van der Waals surface area contributed by atoms with E-state index in [1.54, 1.807) is 25.1 Å². The van der Waals surface area contributed by atoms with Crippen LogP contribution in [0.3, 0.4) is 0 Å². The minimum absolute atomic E-state index is 0.167. The third-order valence-electron chi connectivity index (χ3n) is 4.76. The topological polar surface area (TPSA) is 68.0 Å². The molecule has 0 amide bonds. The lowest BCUT2D eigenvalue weighted by Gasteiger charge is -2.06. The van der Waals surface area contributed by atoms with Crippen molar-refractivity contribution in [3.8, 4) is 27.5 Å². The van der Waals surface area contributed by atoms with Crippen LogP contribution in [0.1, 0.15) is 30.0 Å². The summed E-state index contributed by atoms with van der Waals surface area (Å²) in [5.74, 6) is -1.66. The van der Waals surface area contributed by atoms with Crippen LogP contribution < -0.4 is 0 Å². The third-order valence-corrected chi connectivity index (χ3v) is 7.68. The Morgan fingerprint density at radius 1 is 1.12 bits per heavy atom. The van der Waals surface area contributed by atoms with E-state index >= 15 is 0 Å². The molecule has 1 N–H and O–H groups in total. The highest BCUT2D eigenvalue weighted by atomic mass is 35.5. The van der Waals surface area contributed by atoms with Crippen molar-refractivity contribution < 1.29 is 14.3 Å². The second kappa shape index (κ2) is 9.87. The second-order valence-corrected chi connectivity index (χ2v) is 11.7. The molecule has 0 radical (unpaired) electrons. The first-order valence-corrected chi connectivity index (χ1v) is 12.8. The largest absolute Gasteiger partial charge is 0.476 e. The molecule has 2 heterocycles. The second-order valence-electron chi connectivity index (χ2n) is 7.61. The molecule has 34 heavy (non-hydrogen) atoms. The summed E-state index contributed by atoms with van der Waals surface area (Å²) < 4.78 is 16.9. The molecule has 176 valence electrons. The Morgan fingerprint density at radius 2 is 1.79 bits per heavy atom. The molecule has 4 rings (SSSR count). The van der Waals surface area contributed by atoms with Crippen LogP contribution in [0.2, 0.25) is 15.1 Å². The molecule has 0 aliphatic carbocycles. The van der Waals surface area contributed by atoms with Gasteiger partial charge in [-0.25, -0.2) is 18.9 Å². The van der Waals surface area contributed by atoms with Crippen molar-refractivity contribution in [3.63, 3.8) is 0 Å². The number of aromatic carboxylic acids is 1. The number of carbonyl (C=O) groups is 1. The van der Waals surface area contributed by atoms with E-state index in [2.05, 4.69) is 10.1 Å². The summed E-state index contributed by atoms with van der Waals surface area (Å²) in [5.41, 5.74) is 1.96. The Labute approximate surface area is 218 Å². The van der Waals surface area contributed by atoms with Gasteiger partial charge in [0.15, 0.2) is 5.69 Å². The van der Waals surface area contributed by atoms with Crippen molar-refractivity contribution in [2.45, 2.75) is 30.2 Å². The number of nitrogens with zero attached hydrogens (tertiary/aromatic N) is 3. The number of benzene rings is 2. The van der Waals surface area contributed by atoms with Gasteiger partial charge in [0.25, 0.3) is 0 Å².